The summed E-state index contributed by atoms with van der Waals surface area (Å²) in [5, 5.41) is 8.87. The molecule has 0 aliphatic carbocycles. The molecule has 1 unspecified atom stereocenters. The lowest BCUT2D eigenvalue weighted by Gasteiger charge is -1.91. The van der Waals surface area contributed by atoms with Gasteiger partial charge < -0.3 is 5.11 Å². The van der Waals surface area contributed by atoms with Crippen LogP contribution in [-0.2, 0) is 0 Å². The Morgan fingerprint density at radius 3 is 2.69 bits per heavy atom. The van der Waals surface area contributed by atoms with Crippen LogP contribution in [0.4, 0.5) is 0 Å². The number of aliphatic hydroxyl groups excluding tert-OH is 1. The lowest BCUT2D eigenvalue weighted by molar-refractivity contribution is 0.244. The summed E-state index contributed by atoms with van der Waals surface area (Å²) in [6, 6.07) is 0. The van der Waals surface area contributed by atoms with Crippen molar-refractivity contribution in [1.82, 2.24) is 0 Å². The fourth-order valence-corrected chi connectivity index (χ4v) is 0.959. The summed E-state index contributed by atoms with van der Waals surface area (Å²) >= 11 is 0. The molecular weight excluding hydrogens is 160 g/mol. The van der Waals surface area contributed by atoms with Gasteiger partial charge in [0.15, 0.2) is 0 Å². The van der Waals surface area contributed by atoms with Crippen LogP contribution in [0, 0.1) is 11.8 Å². The summed E-state index contributed by atoms with van der Waals surface area (Å²) in [5.74, 6) is 5.95. The summed E-state index contributed by atoms with van der Waals surface area (Å²) in [4.78, 5) is 0. The maximum atomic E-state index is 8.87. The molecule has 0 aromatic heterocycles. The first-order valence-electron chi connectivity index (χ1n) is 5.10. The predicted octanol–water partition coefficient (Wildman–Crippen LogP) is 2.90. The van der Waals surface area contributed by atoms with Crippen molar-refractivity contribution >= 4 is 0 Å². The molecule has 0 bridgehead atoms. The highest BCUT2D eigenvalue weighted by Gasteiger charge is 1.83. The van der Waals surface area contributed by atoms with E-state index in [4.69, 9.17) is 5.11 Å². The van der Waals surface area contributed by atoms with Gasteiger partial charge in [0.2, 0.25) is 0 Å². The SMILES string of the molecule is CCCCCCC#C/C=C/C(C)O. The second-order valence-electron chi connectivity index (χ2n) is 3.23. The summed E-state index contributed by atoms with van der Waals surface area (Å²) in [6.45, 7) is 3.93. The Morgan fingerprint density at radius 1 is 1.31 bits per heavy atom. The van der Waals surface area contributed by atoms with Gasteiger partial charge in [-0.1, -0.05) is 38.0 Å². The maximum absolute atomic E-state index is 8.87. The van der Waals surface area contributed by atoms with Gasteiger partial charge in [0, 0.05) is 6.42 Å². The molecule has 0 aromatic rings. The third-order valence-electron chi connectivity index (χ3n) is 1.72. The monoisotopic (exact) mass is 180 g/mol. The minimum Gasteiger partial charge on any atom is -0.389 e. The van der Waals surface area contributed by atoms with Crippen LogP contribution < -0.4 is 0 Å². The van der Waals surface area contributed by atoms with Gasteiger partial charge in [-0.2, -0.15) is 0 Å². The first-order chi connectivity index (χ1) is 6.27. The predicted molar refractivity (Wildman–Crippen MR) is 57.4 cm³/mol. The number of hydrogen-bond donors (Lipinski definition) is 1. The van der Waals surface area contributed by atoms with Gasteiger partial charge in [-0.15, -0.1) is 0 Å². The normalized spacial score (nSPS) is 12.5. The molecule has 0 spiro atoms. The second-order valence-corrected chi connectivity index (χ2v) is 3.23. The molecule has 1 heteroatoms. The van der Waals surface area contributed by atoms with Crippen LogP contribution in [0.2, 0.25) is 0 Å². The molecule has 0 radical (unpaired) electrons. The average Bonchev–Trinajstić information content (AvgIpc) is 2.09. The first-order valence-corrected chi connectivity index (χ1v) is 5.10. The summed E-state index contributed by atoms with van der Waals surface area (Å²) < 4.78 is 0. The molecule has 0 amide bonds. The van der Waals surface area contributed by atoms with E-state index in [1.807, 2.05) is 0 Å². The van der Waals surface area contributed by atoms with E-state index in [2.05, 4.69) is 18.8 Å². The summed E-state index contributed by atoms with van der Waals surface area (Å²) in [6.07, 6.45) is 9.08. The van der Waals surface area contributed by atoms with Crippen molar-refractivity contribution in [1.29, 1.82) is 0 Å². The number of rotatable bonds is 5. The molecule has 0 aromatic carbocycles. The third kappa shape index (κ3) is 11.3. The lowest BCUT2D eigenvalue weighted by atomic mass is 10.2. The van der Waals surface area contributed by atoms with Gasteiger partial charge in [-0.3, -0.25) is 0 Å². The number of aliphatic hydroxyl groups is 1. The molecule has 0 heterocycles. The molecule has 74 valence electrons. The molecule has 1 N–H and O–H groups in total. The molecule has 1 atom stereocenters. The van der Waals surface area contributed by atoms with Crippen LogP contribution in [0.3, 0.4) is 0 Å². The zero-order valence-electron chi connectivity index (χ0n) is 8.71. The molecule has 0 rings (SSSR count). The van der Waals surface area contributed by atoms with E-state index in [1.165, 1.54) is 25.7 Å². The minimum atomic E-state index is -0.380. The molecule has 0 aliphatic heterocycles. The van der Waals surface area contributed by atoms with E-state index >= 15 is 0 Å². The van der Waals surface area contributed by atoms with Crippen molar-refractivity contribution in [3.63, 3.8) is 0 Å². The Balaban J connectivity index is 3.30. The highest BCUT2D eigenvalue weighted by atomic mass is 16.3. The topological polar surface area (TPSA) is 20.2 Å². The minimum absolute atomic E-state index is 0.380. The molecule has 0 fully saturated rings. The van der Waals surface area contributed by atoms with Crippen molar-refractivity contribution < 1.29 is 5.11 Å². The fourth-order valence-electron chi connectivity index (χ4n) is 0.959. The van der Waals surface area contributed by atoms with Gasteiger partial charge in [-0.05, 0) is 25.5 Å². The van der Waals surface area contributed by atoms with Crippen molar-refractivity contribution in [3.05, 3.63) is 12.2 Å². The Morgan fingerprint density at radius 2 is 2.08 bits per heavy atom. The summed E-state index contributed by atoms with van der Waals surface area (Å²) in [7, 11) is 0. The number of hydrogen-bond acceptors (Lipinski definition) is 1. The zero-order valence-corrected chi connectivity index (χ0v) is 8.71. The maximum Gasteiger partial charge on any atom is 0.0701 e. The summed E-state index contributed by atoms with van der Waals surface area (Å²) in [5.41, 5.74) is 0. The fraction of sp³-hybridized carbons (Fsp3) is 0.667. The molecule has 0 saturated heterocycles. The van der Waals surface area contributed by atoms with E-state index < -0.39 is 0 Å². The van der Waals surface area contributed by atoms with Crippen LogP contribution in [0.5, 0.6) is 0 Å². The van der Waals surface area contributed by atoms with Crippen LogP contribution in [0.15, 0.2) is 12.2 Å². The molecular formula is C12H20O. The van der Waals surface area contributed by atoms with E-state index in [-0.39, 0.29) is 6.10 Å². The molecule has 13 heavy (non-hydrogen) atoms. The van der Waals surface area contributed by atoms with Gasteiger partial charge in [0.05, 0.1) is 6.10 Å². The third-order valence-corrected chi connectivity index (χ3v) is 1.72. The highest BCUT2D eigenvalue weighted by Crippen LogP contribution is 2.00. The van der Waals surface area contributed by atoms with Crippen molar-refractivity contribution in [2.45, 2.75) is 52.1 Å². The van der Waals surface area contributed by atoms with E-state index in [1.54, 1.807) is 19.1 Å². The van der Waals surface area contributed by atoms with E-state index in [0.717, 1.165) is 6.42 Å². The standard InChI is InChI=1S/C12H20O/c1-3-4-5-6-7-8-9-10-11-12(2)13/h10-13H,3-7H2,1-2H3/b11-10+. The number of unbranched alkanes of at least 4 members (excludes halogenated alkanes) is 4. The van der Waals surface area contributed by atoms with E-state index in [0.29, 0.717) is 0 Å². The quantitative estimate of drug-likeness (QED) is 0.509. The molecule has 0 aliphatic rings. The van der Waals surface area contributed by atoms with Crippen molar-refractivity contribution in [3.8, 4) is 11.8 Å². The van der Waals surface area contributed by atoms with Crippen LogP contribution in [-0.4, -0.2) is 11.2 Å². The van der Waals surface area contributed by atoms with Crippen molar-refractivity contribution in [2.75, 3.05) is 0 Å². The molecule has 1 nitrogen and oxygen atoms in total. The van der Waals surface area contributed by atoms with Crippen LogP contribution in [0.25, 0.3) is 0 Å². The Bertz CT molecular complexity index is 181. The van der Waals surface area contributed by atoms with Gasteiger partial charge in [-0.25, -0.2) is 0 Å². The zero-order chi connectivity index (χ0) is 9.94. The van der Waals surface area contributed by atoms with Crippen LogP contribution in [0.1, 0.15) is 46.0 Å². The van der Waals surface area contributed by atoms with E-state index in [9.17, 15) is 0 Å². The largest absolute Gasteiger partial charge is 0.389 e. The first kappa shape index (κ1) is 12.3. The Labute approximate surface area is 81.9 Å². The smallest absolute Gasteiger partial charge is 0.0701 e. The van der Waals surface area contributed by atoms with Crippen LogP contribution >= 0.6 is 0 Å². The van der Waals surface area contributed by atoms with Gasteiger partial charge >= 0.3 is 0 Å². The Kier molecular flexibility index (Phi) is 8.82. The van der Waals surface area contributed by atoms with Crippen molar-refractivity contribution in [2.24, 2.45) is 0 Å². The van der Waals surface area contributed by atoms with Gasteiger partial charge in [0.1, 0.15) is 0 Å². The Hall–Kier alpha value is -0.740. The average molecular weight is 180 g/mol. The number of allylic oxidation sites excluding steroid dienone is 1. The highest BCUT2D eigenvalue weighted by molar-refractivity contribution is 5.15. The molecule has 0 saturated carbocycles. The van der Waals surface area contributed by atoms with Gasteiger partial charge in [0.25, 0.3) is 0 Å². The lowest BCUT2D eigenvalue weighted by Crippen LogP contribution is -1.90. The second kappa shape index (κ2) is 9.35.